The minimum atomic E-state index is -0.621. The number of nitrogens with zero attached hydrogens (tertiary/aromatic N) is 2. The Hall–Kier alpha value is -1.79. The number of hydrogen-bond acceptors (Lipinski definition) is 5. The molecular weight excluding hydrogens is 567 g/mol. The van der Waals surface area contributed by atoms with Crippen molar-refractivity contribution in [3.8, 4) is 11.5 Å². The van der Waals surface area contributed by atoms with Crippen molar-refractivity contribution in [2.75, 3.05) is 27.2 Å². The van der Waals surface area contributed by atoms with Gasteiger partial charge in [-0.15, -0.1) is 24.8 Å². The lowest BCUT2D eigenvalue weighted by Gasteiger charge is -2.58. The van der Waals surface area contributed by atoms with Crippen LogP contribution in [0.15, 0.2) is 36.4 Å². The standard InChI is InChI=1S/C35H44N2O3.2ClH/c1-36-17-15-34-13-5-3-7-27(34)31(36)19-23-9-11-25(21-29(23)34)39-33(38)40-26-12-10-24-20-32-28-8-4-6-14-35(28,30(24)22-26)16-18-37(32)2;;/h9-12,21-22,27-28,31-32H,3-8,13-20H2,1-2H3;2*1H/t27-,28-,31+,32+,34+,35+;;/m0../s1. The number of carbonyl (C=O) groups excluding carboxylic acids is 1. The molecule has 2 saturated heterocycles. The van der Waals surface area contributed by atoms with E-state index in [0.717, 1.165) is 25.9 Å². The van der Waals surface area contributed by atoms with Gasteiger partial charge < -0.3 is 19.3 Å². The molecule has 0 spiro atoms. The van der Waals surface area contributed by atoms with Crippen LogP contribution in [0.25, 0.3) is 0 Å². The lowest BCUT2D eigenvalue weighted by molar-refractivity contribution is 0.00265. The molecule has 6 atom stereocenters. The molecule has 2 aliphatic heterocycles. The van der Waals surface area contributed by atoms with E-state index in [2.05, 4.69) is 48.2 Å². The highest BCUT2D eigenvalue weighted by Crippen LogP contribution is 2.57. The number of halogens is 2. The average Bonchev–Trinajstić information content (AvgIpc) is 2.97. The number of likely N-dealkylation sites (tertiary alicyclic amines) is 2. The molecule has 42 heavy (non-hydrogen) atoms. The fraction of sp³-hybridized carbons (Fsp3) is 0.629. The second-order valence-electron chi connectivity index (χ2n) is 14.1. The number of fused-ring (bicyclic) bond motifs is 2. The number of ether oxygens (including phenoxy) is 2. The predicted molar refractivity (Wildman–Crippen MR) is 171 cm³/mol. The summed E-state index contributed by atoms with van der Waals surface area (Å²) >= 11 is 0. The molecule has 4 fully saturated rings. The maximum absolute atomic E-state index is 13.1. The lowest BCUT2D eigenvalue weighted by Crippen LogP contribution is -2.59. The number of piperidine rings is 2. The van der Waals surface area contributed by atoms with Gasteiger partial charge in [0.15, 0.2) is 0 Å². The summed E-state index contributed by atoms with van der Waals surface area (Å²) in [5, 5.41) is 0. The summed E-state index contributed by atoms with van der Waals surface area (Å²) in [4.78, 5) is 18.3. The van der Waals surface area contributed by atoms with Gasteiger partial charge in [-0.3, -0.25) is 0 Å². The highest BCUT2D eigenvalue weighted by atomic mass is 35.5. The maximum atomic E-state index is 13.1. The van der Waals surface area contributed by atoms with Crippen LogP contribution in [0.4, 0.5) is 4.79 Å². The van der Waals surface area contributed by atoms with Gasteiger partial charge in [0.05, 0.1) is 0 Å². The van der Waals surface area contributed by atoms with E-state index in [1.165, 1.54) is 86.5 Å². The second-order valence-corrected chi connectivity index (χ2v) is 14.1. The van der Waals surface area contributed by atoms with Crippen molar-refractivity contribution < 1.29 is 14.3 Å². The van der Waals surface area contributed by atoms with Crippen LogP contribution in [0, 0.1) is 11.8 Å². The molecule has 0 unspecified atom stereocenters. The van der Waals surface area contributed by atoms with Gasteiger partial charge in [0.25, 0.3) is 0 Å². The fourth-order valence-electron chi connectivity index (χ4n) is 10.7. The Bertz CT molecular complexity index is 1250. The molecule has 0 amide bonds. The molecule has 2 aromatic carbocycles. The molecule has 0 radical (unpaired) electrons. The molecule has 228 valence electrons. The van der Waals surface area contributed by atoms with Gasteiger partial charge in [0, 0.05) is 22.9 Å². The van der Waals surface area contributed by atoms with Crippen LogP contribution in [0.1, 0.15) is 86.5 Å². The van der Waals surface area contributed by atoms with E-state index < -0.39 is 6.16 Å². The molecule has 5 nitrogen and oxygen atoms in total. The minimum Gasteiger partial charge on any atom is -0.395 e. The fourth-order valence-corrected chi connectivity index (χ4v) is 10.7. The Morgan fingerprint density at radius 2 is 1.14 bits per heavy atom. The van der Waals surface area contributed by atoms with Gasteiger partial charge in [-0.2, -0.15) is 0 Å². The van der Waals surface area contributed by atoms with Crippen LogP contribution in [-0.4, -0.2) is 55.2 Å². The Morgan fingerprint density at radius 1 is 0.690 bits per heavy atom. The first-order chi connectivity index (χ1) is 19.5. The highest BCUT2D eigenvalue weighted by Gasteiger charge is 2.54. The second kappa shape index (κ2) is 11.3. The average molecular weight is 614 g/mol. The third-order valence-electron chi connectivity index (χ3n) is 12.6. The summed E-state index contributed by atoms with van der Waals surface area (Å²) in [7, 11) is 4.61. The van der Waals surface area contributed by atoms with Crippen LogP contribution in [-0.2, 0) is 23.7 Å². The zero-order valence-corrected chi connectivity index (χ0v) is 26.7. The van der Waals surface area contributed by atoms with Crippen LogP contribution in [0.5, 0.6) is 11.5 Å². The Kier molecular flexibility index (Phi) is 8.13. The molecule has 0 aromatic heterocycles. The van der Waals surface area contributed by atoms with E-state index in [9.17, 15) is 4.79 Å². The topological polar surface area (TPSA) is 42.0 Å². The van der Waals surface area contributed by atoms with Crippen molar-refractivity contribution in [1.82, 2.24) is 9.80 Å². The van der Waals surface area contributed by atoms with Gasteiger partial charge in [0.1, 0.15) is 11.5 Å². The van der Waals surface area contributed by atoms with E-state index in [1.54, 1.807) is 0 Å². The normalized spacial score (nSPS) is 34.7. The quantitative estimate of drug-likeness (QED) is 0.260. The van der Waals surface area contributed by atoms with E-state index in [1.807, 2.05) is 12.1 Å². The van der Waals surface area contributed by atoms with Crippen LogP contribution in [0.3, 0.4) is 0 Å². The molecule has 4 bridgehead atoms. The van der Waals surface area contributed by atoms with E-state index in [4.69, 9.17) is 9.47 Å². The third kappa shape index (κ3) is 4.52. The minimum absolute atomic E-state index is 0. The van der Waals surface area contributed by atoms with Gasteiger partial charge >= 0.3 is 6.16 Å². The molecular formula is C35H46Cl2N2O3. The van der Waals surface area contributed by atoms with Gasteiger partial charge in [-0.1, -0.05) is 37.8 Å². The molecule has 7 heteroatoms. The van der Waals surface area contributed by atoms with Gasteiger partial charge in [-0.25, -0.2) is 4.79 Å². The number of rotatable bonds is 2. The zero-order valence-electron chi connectivity index (χ0n) is 25.1. The van der Waals surface area contributed by atoms with E-state index in [-0.39, 0.29) is 35.6 Å². The summed E-state index contributed by atoms with van der Waals surface area (Å²) in [6, 6.07) is 14.1. The molecule has 2 aromatic rings. The largest absolute Gasteiger partial charge is 0.519 e. The monoisotopic (exact) mass is 612 g/mol. The highest BCUT2D eigenvalue weighted by molar-refractivity contribution is 5.85. The number of carbonyl (C=O) groups is 1. The van der Waals surface area contributed by atoms with E-state index in [0.29, 0.717) is 35.4 Å². The Morgan fingerprint density at radius 3 is 1.60 bits per heavy atom. The predicted octanol–water partition coefficient (Wildman–Crippen LogP) is 7.48. The summed E-state index contributed by atoms with van der Waals surface area (Å²) in [6.07, 6.45) is 14.5. The first kappa shape index (κ1) is 30.2. The zero-order chi connectivity index (χ0) is 27.1. The molecule has 0 N–H and O–H groups in total. The van der Waals surface area contributed by atoms with Crippen LogP contribution >= 0.6 is 24.8 Å². The first-order valence-corrected chi connectivity index (χ1v) is 16.0. The summed E-state index contributed by atoms with van der Waals surface area (Å²) < 4.78 is 11.8. The summed E-state index contributed by atoms with van der Waals surface area (Å²) in [5.41, 5.74) is 6.27. The molecule has 6 aliphatic rings. The van der Waals surface area contributed by atoms with Crippen molar-refractivity contribution in [3.05, 3.63) is 58.7 Å². The van der Waals surface area contributed by atoms with Crippen molar-refractivity contribution in [2.24, 2.45) is 11.8 Å². The number of likely N-dealkylation sites (N-methyl/N-ethyl adjacent to an activating group) is 2. The summed E-state index contributed by atoms with van der Waals surface area (Å²) in [6.45, 7) is 2.32. The maximum Gasteiger partial charge on any atom is 0.519 e. The SMILES string of the molecule is CN1CC[C@]23CCCC[C@H]2[C@H]1Cc1ccc(OC(=O)Oc2ccc4c(c2)[C@@]25CCCC[C@H]2[C@@H](C4)N(C)CC5)cc13.Cl.Cl. The van der Waals surface area contributed by atoms with Crippen molar-refractivity contribution in [2.45, 2.75) is 100.0 Å². The van der Waals surface area contributed by atoms with Crippen molar-refractivity contribution in [1.29, 1.82) is 0 Å². The smallest absolute Gasteiger partial charge is 0.395 e. The van der Waals surface area contributed by atoms with Crippen molar-refractivity contribution in [3.63, 3.8) is 0 Å². The van der Waals surface area contributed by atoms with Gasteiger partial charge in [-0.05, 0) is 137 Å². The van der Waals surface area contributed by atoms with E-state index >= 15 is 0 Å². The Balaban J connectivity index is 0.00000158. The van der Waals surface area contributed by atoms with Crippen LogP contribution in [0.2, 0.25) is 0 Å². The molecule has 2 heterocycles. The first-order valence-electron chi connectivity index (χ1n) is 16.0. The van der Waals surface area contributed by atoms with Crippen molar-refractivity contribution >= 4 is 31.0 Å². The Labute approximate surface area is 263 Å². The van der Waals surface area contributed by atoms with Crippen LogP contribution < -0.4 is 9.47 Å². The third-order valence-corrected chi connectivity index (χ3v) is 12.6. The molecule has 8 rings (SSSR count). The number of hydrogen-bond donors (Lipinski definition) is 0. The lowest BCUT2D eigenvalue weighted by atomic mass is 9.52. The molecule has 4 aliphatic carbocycles. The van der Waals surface area contributed by atoms with Gasteiger partial charge in [0.2, 0.25) is 0 Å². The number of benzene rings is 2. The molecule has 2 saturated carbocycles. The summed E-state index contributed by atoms with van der Waals surface area (Å²) in [5.74, 6) is 2.68.